The molecule has 0 fully saturated rings. The van der Waals surface area contributed by atoms with Gasteiger partial charge in [-0.25, -0.2) is 15.0 Å². The van der Waals surface area contributed by atoms with Crippen LogP contribution in [0.2, 0.25) is 5.02 Å². The van der Waals surface area contributed by atoms with Gasteiger partial charge < -0.3 is 4.42 Å². The van der Waals surface area contributed by atoms with Crippen LogP contribution in [0.5, 0.6) is 0 Å². The van der Waals surface area contributed by atoms with Gasteiger partial charge in [-0.05, 0) is 18.2 Å². The molecule has 0 saturated carbocycles. The Kier molecular flexibility index (Phi) is 3.61. The molecule has 0 radical (unpaired) electrons. The minimum atomic E-state index is -0.428. The molecular weight excluding hydrogens is 292 g/mol. The molecule has 7 heteroatoms. The molecule has 0 aliphatic rings. The van der Waals surface area contributed by atoms with Gasteiger partial charge in [-0.15, -0.1) is 0 Å². The summed E-state index contributed by atoms with van der Waals surface area (Å²) in [6, 6.07) is 8.88. The summed E-state index contributed by atoms with van der Waals surface area (Å²) < 4.78 is 4.95. The van der Waals surface area contributed by atoms with Gasteiger partial charge in [0, 0.05) is 10.6 Å². The van der Waals surface area contributed by atoms with Crippen molar-refractivity contribution >= 4 is 23.5 Å². The number of rotatable bonds is 3. The van der Waals surface area contributed by atoms with Crippen LogP contribution in [0.3, 0.4) is 0 Å². The summed E-state index contributed by atoms with van der Waals surface area (Å²) in [5.74, 6) is -0.428. The fourth-order valence-corrected chi connectivity index (χ4v) is 1.92. The molecule has 0 unspecified atom stereocenters. The van der Waals surface area contributed by atoms with Gasteiger partial charge in [0.25, 0.3) is 5.91 Å². The van der Waals surface area contributed by atoms with E-state index in [4.69, 9.17) is 16.0 Å². The van der Waals surface area contributed by atoms with E-state index in [9.17, 15) is 4.79 Å². The normalized spacial score (nSPS) is 10.3. The van der Waals surface area contributed by atoms with Crippen molar-refractivity contribution in [3.63, 3.8) is 0 Å². The maximum atomic E-state index is 12.0. The highest BCUT2D eigenvalue weighted by molar-refractivity contribution is 6.30. The second kappa shape index (κ2) is 5.72. The summed E-state index contributed by atoms with van der Waals surface area (Å²) in [6.45, 7) is 0. The summed E-state index contributed by atoms with van der Waals surface area (Å²) in [5.41, 5.74) is 1.61. The Labute approximate surface area is 124 Å². The molecule has 3 rings (SSSR count). The standard InChI is InChI=1S/C14H9ClN4O2/c15-10-3-1-2-9(6-10)11-7-12(18-8-17-11)13(20)19-14-16-4-5-21-14/h1-8H,(H,16,19,20). The molecule has 2 aromatic heterocycles. The summed E-state index contributed by atoms with van der Waals surface area (Å²) in [5, 5.41) is 3.09. The van der Waals surface area contributed by atoms with Gasteiger partial charge in [-0.2, -0.15) is 0 Å². The number of nitrogens with one attached hydrogen (secondary N) is 1. The highest BCUT2D eigenvalue weighted by Crippen LogP contribution is 2.21. The molecule has 1 aromatic carbocycles. The second-order valence-electron chi connectivity index (χ2n) is 4.09. The first kappa shape index (κ1) is 13.3. The van der Waals surface area contributed by atoms with Gasteiger partial charge in [-0.1, -0.05) is 23.7 Å². The molecule has 0 aliphatic heterocycles. The average Bonchev–Trinajstić information content (AvgIpc) is 3.00. The molecule has 0 bridgehead atoms. The van der Waals surface area contributed by atoms with E-state index >= 15 is 0 Å². The molecule has 0 saturated heterocycles. The van der Waals surface area contributed by atoms with Crippen molar-refractivity contribution in [1.82, 2.24) is 15.0 Å². The van der Waals surface area contributed by atoms with Crippen molar-refractivity contribution in [3.8, 4) is 11.3 Å². The third kappa shape index (κ3) is 3.06. The molecule has 0 spiro atoms. The largest absolute Gasteiger partial charge is 0.432 e. The lowest BCUT2D eigenvalue weighted by molar-refractivity contribution is 0.101. The fraction of sp³-hybridized carbons (Fsp3) is 0. The maximum Gasteiger partial charge on any atom is 0.301 e. The minimum absolute atomic E-state index is 0.114. The second-order valence-corrected chi connectivity index (χ2v) is 4.53. The summed E-state index contributed by atoms with van der Waals surface area (Å²) in [7, 11) is 0. The molecule has 6 nitrogen and oxygen atoms in total. The number of halogens is 1. The molecule has 104 valence electrons. The third-order valence-corrected chi connectivity index (χ3v) is 2.91. The number of carbonyl (C=O) groups excluding carboxylic acids is 1. The number of nitrogens with zero attached hydrogens (tertiary/aromatic N) is 3. The summed E-state index contributed by atoms with van der Waals surface area (Å²) in [4.78, 5) is 23.9. The molecule has 2 heterocycles. The molecule has 3 aromatic rings. The topological polar surface area (TPSA) is 80.9 Å². The van der Waals surface area contributed by atoms with Crippen LogP contribution in [-0.2, 0) is 0 Å². The van der Waals surface area contributed by atoms with Crippen molar-refractivity contribution in [1.29, 1.82) is 0 Å². The SMILES string of the molecule is O=C(Nc1ncco1)c1cc(-c2cccc(Cl)c2)ncn1. The first-order valence-corrected chi connectivity index (χ1v) is 6.39. The minimum Gasteiger partial charge on any atom is -0.432 e. The number of benzene rings is 1. The first-order valence-electron chi connectivity index (χ1n) is 6.01. The predicted molar refractivity (Wildman–Crippen MR) is 76.9 cm³/mol. The number of aromatic nitrogens is 3. The summed E-state index contributed by atoms with van der Waals surface area (Å²) >= 11 is 5.95. The van der Waals surface area contributed by atoms with Gasteiger partial charge in [0.1, 0.15) is 18.3 Å². The van der Waals surface area contributed by atoms with Crippen LogP contribution in [0, 0.1) is 0 Å². The van der Waals surface area contributed by atoms with Gasteiger partial charge in [0.05, 0.1) is 11.9 Å². The zero-order valence-electron chi connectivity index (χ0n) is 10.7. The Balaban J connectivity index is 1.88. The maximum absolute atomic E-state index is 12.0. The number of anilines is 1. The lowest BCUT2D eigenvalue weighted by atomic mass is 10.1. The molecule has 0 atom stereocenters. The van der Waals surface area contributed by atoms with Gasteiger partial charge in [-0.3, -0.25) is 10.1 Å². The van der Waals surface area contributed by atoms with Crippen LogP contribution in [0.1, 0.15) is 10.5 Å². The number of amides is 1. The van der Waals surface area contributed by atoms with Crippen molar-refractivity contribution in [2.75, 3.05) is 5.32 Å². The van der Waals surface area contributed by atoms with Crippen LogP contribution in [0.25, 0.3) is 11.3 Å². The van der Waals surface area contributed by atoms with Crippen molar-refractivity contribution in [2.45, 2.75) is 0 Å². The first-order chi connectivity index (χ1) is 10.2. The van der Waals surface area contributed by atoms with Crippen LogP contribution < -0.4 is 5.32 Å². The van der Waals surface area contributed by atoms with Gasteiger partial charge >= 0.3 is 6.01 Å². The number of oxazole rings is 1. The van der Waals surface area contributed by atoms with E-state index in [1.165, 1.54) is 18.8 Å². The van der Waals surface area contributed by atoms with Gasteiger partial charge in [0.15, 0.2) is 0 Å². The number of hydrogen-bond donors (Lipinski definition) is 1. The van der Waals surface area contributed by atoms with E-state index < -0.39 is 5.91 Å². The van der Waals surface area contributed by atoms with Crippen LogP contribution in [0.15, 0.2) is 53.5 Å². The van der Waals surface area contributed by atoms with Crippen LogP contribution in [0.4, 0.5) is 6.01 Å². The number of carbonyl (C=O) groups is 1. The molecule has 0 aliphatic carbocycles. The van der Waals surface area contributed by atoms with E-state index in [0.717, 1.165) is 5.56 Å². The van der Waals surface area contributed by atoms with E-state index in [1.54, 1.807) is 18.2 Å². The highest BCUT2D eigenvalue weighted by atomic mass is 35.5. The van der Waals surface area contributed by atoms with Crippen LogP contribution in [-0.4, -0.2) is 20.9 Å². The monoisotopic (exact) mass is 300 g/mol. The highest BCUT2D eigenvalue weighted by Gasteiger charge is 2.12. The predicted octanol–water partition coefficient (Wildman–Crippen LogP) is 3.04. The average molecular weight is 301 g/mol. The Hall–Kier alpha value is -2.73. The van der Waals surface area contributed by atoms with E-state index in [0.29, 0.717) is 10.7 Å². The fourth-order valence-electron chi connectivity index (χ4n) is 1.73. The molecular formula is C14H9ClN4O2. The lowest BCUT2D eigenvalue weighted by Crippen LogP contribution is -2.14. The smallest absolute Gasteiger partial charge is 0.301 e. The molecule has 21 heavy (non-hydrogen) atoms. The Morgan fingerprint density at radius 2 is 2.10 bits per heavy atom. The van der Waals surface area contributed by atoms with E-state index in [2.05, 4.69) is 20.3 Å². The number of hydrogen-bond acceptors (Lipinski definition) is 5. The van der Waals surface area contributed by atoms with Crippen molar-refractivity contribution in [3.05, 3.63) is 59.8 Å². The van der Waals surface area contributed by atoms with Crippen molar-refractivity contribution in [2.24, 2.45) is 0 Å². The summed E-state index contributed by atoms with van der Waals surface area (Å²) in [6.07, 6.45) is 4.13. The lowest BCUT2D eigenvalue weighted by Gasteiger charge is -2.04. The van der Waals surface area contributed by atoms with Crippen molar-refractivity contribution < 1.29 is 9.21 Å². The zero-order valence-corrected chi connectivity index (χ0v) is 11.4. The molecule has 1 amide bonds. The van der Waals surface area contributed by atoms with E-state index in [-0.39, 0.29) is 11.7 Å². The Morgan fingerprint density at radius 1 is 1.19 bits per heavy atom. The molecule has 1 N–H and O–H groups in total. The van der Waals surface area contributed by atoms with E-state index in [1.807, 2.05) is 12.1 Å². The van der Waals surface area contributed by atoms with Crippen LogP contribution >= 0.6 is 11.6 Å². The third-order valence-electron chi connectivity index (χ3n) is 2.67. The Morgan fingerprint density at radius 3 is 2.86 bits per heavy atom. The quantitative estimate of drug-likeness (QED) is 0.804. The van der Waals surface area contributed by atoms with Gasteiger partial charge in [0.2, 0.25) is 0 Å². The zero-order chi connectivity index (χ0) is 14.7. The Bertz CT molecular complexity index is 774.